The summed E-state index contributed by atoms with van der Waals surface area (Å²) in [7, 11) is -6.77. The quantitative estimate of drug-likeness (QED) is 0.728. The number of sulfone groups is 2. The van der Waals surface area contributed by atoms with Gasteiger partial charge in [0.05, 0.1) is 27.3 Å². The molecule has 0 aromatic heterocycles. The molecule has 1 aliphatic heterocycles. The lowest BCUT2D eigenvalue weighted by Gasteiger charge is -2.36. The van der Waals surface area contributed by atoms with Crippen molar-refractivity contribution in [2.45, 2.75) is 22.8 Å². The first-order valence-corrected chi connectivity index (χ1v) is 12.2. The molecule has 0 aliphatic carbocycles. The van der Waals surface area contributed by atoms with E-state index in [1.165, 1.54) is 30.3 Å². The second-order valence-corrected chi connectivity index (χ2v) is 10.9. The second-order valence-electron chi connectivity index (χ2n) is 6.79. The van der Waals surface area contributed by atoms with E-state index in [9.17, 15) is 21.6 Å². The van der Waals surface area contributed by atoms with Crippen molar-refractivity contribution in [3.8, 4) is 0 Å². The van der Waals surface area contributed by atoms with E-state index in [2.05, 4.69) is 0 Å². The summed E-state index contributed by atoms with van der Waals surface area (Å²) < 4.78 is 48.2. The number of fused-ring (bicyclic) bond motifs is 1. The predicted octanol–water partition coefficient (Wildman–Crippen LogP) is 1.62. The topological polar surface area (TPSA) is 109 Å². The minimum Gasteiger partial charge on any atom is -0.388 e. The third kappa shape index (κ3) is 3.82. The van der Waals surface area contributed by atoms with Crippen LogP contribution in [0.1, 0.15) is 28.9 Å². The highest BCUT2D eigenvalue weighted by molar-refractivity contribution is 7.91. The molecule has 7 nitrogen and oxygen atoms in total. The number of aliphatic hydroxyl groups excluding tert-OH is 1. The van der Waals surface area contributed by atoms with Crippen molar-refractivity contribution >= 4 is 31.1 Å². The highest BCUT2D eigenvalue weighted by Crippen LogP contribution is 2.37. The molecular weight excluding hydrogens is 402 g/mol. The van der Waals surface area contributed by atoms with Crippen molar-refractivity contribution in [1.29, 1.82) is 0 Å². The van der Waals surface area contributed by atoms with Crippen LogP contribution in [0.2, 0.25) is 0 Å². The van der Waals surface area contributed by atoms with Gasteiger partial charge in [0.2, 0.25) is 0 Å². The largest absolute Gasteiger partial charge is 0.388 e. The summed E-state index contributed by atoms with van der Waals surface area (Å²) in [4.78, 5) is 14.1. The molecule has 28 heavy (non-hydrogen) atoms. The van der Waals surface area contributed by atoms with Crippen LogP contribution in [0, 0.1) is 0 Å². The zero-order valence-corrected chi connectivity index (χ0v) is 17.1. The standard InChI is InChI=1S/C19H21NO6S2/c1-13(14-3-6-16(7-4-14)27(2,23)24)20-9-10-28(25,26)19-8-5-15(11-17(19)20)18(22)12-21/h3-8,11,13,21H,9-10,12H2,1-2H3. The Hall–Kier alpha value is -2.23. The van der Waals surface area contributed by atoms with E-state index in [4.69, 9.17) is 5.11 Å². The zero-order chi connectivity index (χ0) is 20.7. The van der Waals surface area contributed by atoms with Crippen LogP contribution in [-0.2, 0) is 19.7 Å². The van der Waals surface area contributed by atoms with Crippen molar-refractivity contribution in [2.75, 3.05) is 30.1 Å². The molecule has 0 radical (unpaired) electrons. The first kappa shape index (κ1) is 20.5. The minimum atomic E-state index is -3.46. The van der Waals surface area contributed by atoms with Crippen molar-refractivity contribution in [3.05, 3.63) is 53.6 Å². The number of hydrogen-bond acceptors (Lipinski definition) is 7. The van der Waals surface area contributed by atoms with E-state index in [0.29, 0.717) is 5.69 Å². The molecule has 1 atom stereocenters. The van der Waals surface area contributed by atoms with E-state index in [1.54, 1.807) is 12.1 Å². The van der Waals surface area contributed by atoms with Crippen molar-refractivity contribution in [2.24, 2.45) is 0 Å². The number of carbonyl (C=O) groups excluding carboxylic acids is 1. The lowest BCUT2D eigenvalue weighted by Crippen LogP contribution is -2.37. The molecule has 3 rings (SSSR count). The van der Waals surface area contributed by atoms with Crippen molar-refractivity contribution in [3.63, 3.8) is 0 Å². The van der Waals surface area contributed by atoms with Crippen LogP contribution in [-0.4, -0.2) is 52.9 Å². The molecule has 0 fully saturated rings. The maximum Gasteiger partial charge on any atom is 0.188 e. The van der Waals surface area contributed by atoms with Gasteiger partial charge < -0.3 is 10.0 Å². The van der Waals surface area contributed by atoms with Crippen LogP contribution in [0.4, 0.5) is 5.69 Å². The fraction of sp³-hybridized carbons (Fsp3) is 0.316. The lowest BCUT2D eigenvalue weighted by atomic mass is 10.0. The maximum atomic E-state index is 12.5. The lowest BCUT2D eigenvalue weighted by molar-refractivity contribution is 0.0903. The van der Waals surface area contributed by atoms with E-state index < -0.39 is 32.1 Å². The number of rotatable bonds is 5. The van der Waals surface area contributed by atoms with Gasteiger partial charge in [-0.15, -0.1) is 0 Å². The molecule has 2 aromatic carbocycles. The molecule has 2 aromatic rings. The number of aliphatic hydroxyl groups is 1. The molecule has 1 N–H and O–H groups in total. The van der Waals surface area contributed by atoms with Crippen LogP contribution in [0.25, 0.3) is 0 Å². The summed E-state index contributed by atoms with van der Waals surface area (Å²) in [6, 6.07) is 10.5. The Morgan fingerprint density at radius 3 is 2.39 bits per heavy atom. The van der Waals surface area contributed by atoms with E-state index in [-0.39, 0.29) is 33.7 Å². The Morgan fingerprint density at radius 2 is 1.82 bits per heavy atom. The Kier molecular flexibility index (Phi) is 5.35. The van der Waals surface area contributed by atoms with Gasteiger partial charge in [-0.3, -0.25) is 4.79 Å². The number of Topliss-reactive ketones (excluding diaryl/α,β-unsaturated/α-hetero) is 1. The van der Waals surface area contributed by atoms with Gasteiger partial charge in [-0.1, -0.05) is 12.1 Å². The first-order valence-electron chi connectivity index (χ1n) is 8.62. The Bertz CT molecular complexity index is 1120. The van der Waals surface area contributed by atoms with Gasteiger partial charge in [0.15, 0.2) is 25.5 Å². The summed E-state index contributed by atoms with van der Waals surface area (Å²) in [5, 5.41) is 9.11. The highest BCUT2D eigenvalue weighted by atomic mass is 32.2. The van der Waals surface area contributed by atoms with E-state index in [0.717, 1.165) is 11.8 Å². The molecule has 150 valence electrons. The molecule has 1 heterocycles. The van der Waals surface area contributed by atoms with E-state index in [1.807, 2.05) is 11.8 Å². The molecule has 1 aliphatic rings. The molecule has 0 amide bonds. The third-order valence-corrected chi connectivity index (χ3v) is 7.79. The molecule has 0 bridgehead atoms. The van der Waals surface area contributed by atoms with Crippen LogP contribution in [0.15, 0.2) is 52.3 Å². The SMILES string of the molecule is CC(c1ccc(S(C)(=O)=O)cc1)N1CCS(=O)(=O)c2ccc(C(=O)CO)cc21. The average molecular weight is 424 g/mol. The number of anilines is 1. The Labute approximate surface area is 164 Å². The van der Waals surface area contributed by atoms with Gasteiger partial charge in [0, 0.05) is 18.4 Å². The molecule has 0 saturated carbocycles. The highest BCUT2D eigenvalue weighted by Gasteiger charge is 2.32. The van der Waals surface area contributed by atoms with Crippen LogP contribution >= 0.6 is 0 Å². The second kappa shape index (κ2) is 7.31. The van der Waals surface area contributed by atoms with E-state index >= 15 is 0 Å². The molecular formula is C19H21NO6S2. The molecule has 9 heteroatoms. The Balaban J connectivity index is 2.04. The summed E-state index contributed by atoms with van der Waals surface area (Å²) in [5.74, 6) is -0.546. The Morgan fingerprint density at radius 1 is 1.18 bits per heavy atom. The summed E-state index contributed by atoms with van der Waals surface area (Å²) in [6.07, 6.45) is 1.14. The molecule has 1 unspecified atom stereocenters. The third-order valence-electron chi connectivity index (χ3n) is 4.93. The number of nitrogens with zero attached hydrogens (tertiary/aromatic N) is 1. The van der Waals surface area contributed by atoms with Gasteiger partial charge in [-0.2, -0.15) is 0 Å². The smallest absolute Gasteiger partial charge is 0.188 e. The normalized spacial score (nSPS) is 17.0. The fourth-order valence-electron chi connectivity index (χ4n) is 3.29. The minimum absolute atomic E-state index is 0.0565. The number of hydrogen-bond donors (Lipinski definition) is 1. The summed E-state index contributed by atoms with van der Waals surface area (Å²) in [5.41, 5.74) is 1.46. The van der Waals surface area contributed by atoms with Crippen LogP contribution in [0.5, 0.6) is 0 Å². The number of ketones is 1. The van der Waals surface area contributed by atoms with Gasteiger partial charge in [0.1, 0.15) is 6.61 Å². The van der Waals surface area contributed by atoms with Gasteiger partial charge >= 0.3 is 0 Å². The number of benzene rings is 2. The molecule has 0 spiro atoms. The van der Waals surface area contributed by atoms with Gasteiger partial charge in [-0.25, -0.2) is 16.8 Å². The number of carbonyl (C=O) groups is 1. The van der Waals surface area contributed by atoms with Gasteiger partial charge in [-0.05, 0) is 42.8 Å². The first-order chi connectivity index (χ1) is 13.0. The fourth-order valence-corrected chi connectivity index (χ4v) is 5.35. The van der Waals surface area contributed by atoms with Gasteiger partial charge in [0.25, 0.3) is 0 Å². The monoisotopic (exact) mass is 423 g/mol. The van der Waals surface area contributed by atoms with Crippen molar-refractivity contribution in [1.82, 2.24) is 0 Å². The maximum absolute atomic E-state index is 12.5. The average Bonchev–Trinajstić information content (AvgIpc) is 2.66. The molecule has 0 saturated heterocycles. The van der Waals surface area contributed by atoms with Crippen LogP contribution in [0.3, 0.4) is 0 Å². The van der Waals surface area contributed by atoms with Crippen LogP contribution < -0.4 is 4.90 Å². The van der Waals surface area contributed by atoms with Crippen molar-refractivity contribution < 1.29 is 26.7 Å². The zero-order valence-electron chi connectivity index (χ0n) is 15.5. The summed E-state index contributed by atoms with van der Waals surface area (Å²) >= 11 is 0. The summed E-state index contributed by atoms with van der Waals surface area (Å²) in [6.45, 7) is 1.47. The predicted molar refractivity (Wildman–Crippen MR) is 105 cm³/mol.